The molecule has 0 aliphatic heterocycles. The van der Waals surface area contributed by atoms with Crippen LogP contribution in [0.1, 0.15) is 24.4 Å². The first kappa shape index (κ1) is 11.4. The van der Waals surface area contributed by atoms with Crippen LogP contribution in [0, 0.1) is 5.82 Å². The molecule has 1 atom stereocenters. The van der Waals surface area contributed by atoms with Gasteiger partial charge in [0.2, 0.25) is 0 Å². The minimum atomic E-state index is -0.253. The molecule has 0 fully saturated rings. The molecule has 0 saturated carbocycles. The van der Waals surface area contributed by atoms with Crippen molar-refractivity contribution in [3.05, 3.63) is 46.7 Å². The van der Waals surface area contributed by atoms with E-state index in [1.165, 1.54) is 12.1 Å². The van der Waals surface area contributed by atoms with E-state index < -0.39 is 0 Å². The summed E-state index contributed by atoms with van der Waals surface area (Å²) in [6.07, 6.45) is 3.52. The minimum Gasteiger partial charge on any atom is -0.324 e. The topological polar surface area (TPSA) is 26.0 Å². The van der Waals surface area contributed by atoms with Gasteiger partial charge in [0.25, 0.3) is 0 Å². The molecule has 1 unspecified atom stereocenters. The molecule has 1 aromatic rings. The van der Waals surface area contributed by atoms with E-state index in [1.54, 1.807) is 6.07 Å². The van der Waals surface area contributed by atoms with E-state index in [9.17, 15) is 4.39 Å². The van der Waals surface area contributed by atoms with Gasteiger partial charge in [0.05, 0.1) is 0 Å². The Balaban J connectivity index is 2.78. The van der Waals surface area contributed by atoms with Crippen molar-refractivity contribution in [2.24, 2.45) is 5.73 Å². The van der Waals surface area contributed by atoms with Crippen LogP contribution >= 0.6 is 15.9 Å². The van der Waals surface area contributed by atoms with Gasteiger partial charge in [-0.15, -0.1) is 6.58 Å². The number of allylic oxidation sites excluding steroid dienone is 1. The highest BCUT2D eigenvalue weighted by atomic mass is 79.9. The van der Waals surface area contributed by atoms with Gasteiger partial charge in [-0.05, 0) is 30.5 Å². The second-order valence-electron chi connectivity index (χ2n) is 3.14. The van der Waals surface area contributed by atoms with Crippen molar-refractivity contribution in [3.8, 4) is 0 Å². The number of rotatable bonds is 4. The Kier molecular flexibility index (Phi) is 4.29. The Bertz CT molecular complexity index is 325. The molecule has 0 heterocycles. The number of halogens is 2. The monoisotopic (exact) mass is 257 g/mol. The van der Waals surface area contributed by atoms with Gasteiger partial charge in [-0.2, -0.15) is 0 Å². The van der Waals surface area contributed by atoms with Gasteiger partial charge in [0.1, 0.15) is 5.82 Å². The lowest BCUT2D eigenvalue weighted by Gasteiger charge is -2.12. The van der Waals surface area contributed by atoms with E-state index in [-0.39, 0.29) is 11.9 Å². The first-order chi connectivity index (χ1) is 6.65. The number of nitrogens with two attached hydrogens (primary N) is 1. The largest absolute Gasteiger partial charge is 0.324 e. The van der Waals surface area contributed by atoms with E-state index in [0.717, 1.165) is 22.9 Å². The van der Waals surface area contributed by atoms with Gasteiger partial charge in [0.15, 0.2) is 0 Å². The van der Waals surface area contributed by atoms with Gasteiger partial charge < -0.3 is 5.73 Å². The number of hydrogen-bond acceptors (Lipinski definition) is 1. The highest BCUT2D eigenvalue weighted by Gasteiger charge is 2.09. The maximum atomic E-state index is 12.8. The SMILES string of the molecule is C=CCCC(N)c1ccc(F)cc1Br. The van der Waals surface area contributed by atoms with Crippen LogP contribution < -0.4 is 5.73 Å². The first-order valence-corrected chi connectivity index (χ1v) is 5.26. The summed E-state index contributed by atoms with van der Waals surface area (Å²) < 4.78 is 13.5. The zero-order chi connectivity index (χ0) is 10.6. The standard InChI is InChI=1S/C11H13BrFN/c1-2-3-4-11(14)9-6-5-8(13)7-10(9)12/h2,5-7,11H,1,3-4,14H2. The average molecular weight is 258 g/mol. The Labute approximate surface area is 91.9 Å². The van der Waals surface area contributed by atoms with Gasteiger partial charge >= 0.3 is 0 Å². The van der Waals surface area contributed by atoms with Crippen molar-refractivity contribution in [2.75, 3.05) is 0 Å². The van der Waals surface area contributed by atoms with E-state index in [0.29, 0.717) is 0 Å². The van der Waals surface area contributed by atoms with Crippen molar-refractivity contribution in [2.45, 2.75) is 18.9 Å². The molecule has 2 N–H and O–H groups in total. The zero-order valence-electron chi connectivity index (χ0n) is 7.84. The van der Waals surface area contributed by atoms with Crippen LogP contribution in [0.4, 0.5) is 4.39 Å². The van der Waals surface area contributed by atoms with Crippen LogP contribution in [0.3, 0.4) is 0 Å². The molecule has 0 bridgehead atoms. The molecule has 1 rings (SSSR count). The molecule has 0 radical (unpaired) electrons. The molecule has 0 saturated heterocycles. The summed E-state index contributed by atoms with van der Waals surface area (Å²) in [6.45, 7) is 3.64. The third kappa shape index (κ3) is 2.93. The fourth-order valence-corrected chi connectivity index (χ4v) is 1.90. The van der Waals surface area contributed by atoms with Crippen molar-refractivity contribution >= 4 is 15.9 Å². The van der Waals surface area contributed by atoms with E-state index in [2.05, 4.69) is 22.5 Å². The lowest BCUT2D eigenvalue weighted by atomic mass is 10.0. The third-order valence-corrected chi connectivity index (χ3v) is 2.73. The molecule has 0 spiro atoms. The van der Waals surface area contributed by atoms with Crippen LogP contribution in [-0.4, -0.2) is 0 Å². The summed E-state index contributed by atoms with van der Waals surface area (Å²) in [6, 6.07) is 4.51. The molecular formula is C11H13BrFN. The maximum absolute atomic E-state index is 12.8. The minimum absolute atomic E-state index is 0.0667. The quantitative estimate of drug-likeness (QED) is 0.821. The predicted molar refractivity (Wildman–Crippen MR) is 60.5 cm³/mol. The van der Waals surface area contributed by atoms with Gasteiger partial charge in [-0.1, -0.05) is 28.1 Å². The van der Waals surface area contributed by atoms with Gasteiger partial charge in [-0.25, -0.2) is 4.39 Å². The summed E-state index contributed by atoms with van der Waals surface area (Å²) in [5.74, 6) is -0.253. The zero-order valence-corrected chi connectivity index (χ0v) is 9.43. The summed E-state index contributed by atoms with van der Waals surface area (Å²) in [5.41, 5.74) is 6.87. The van der Waals surface area contributed by atoms with Crippen LogP contribution in [0.15, 0.2) is 35.3 Å². The molecule has 0 aromatic heterocycles. The molecule has 0 aliphatic rings. The van der Waals surface area contributed by atoms with Crippen LogP contribution in [0.2, 0.25) is 0 Å². The van der Waals surface area contributed by atoms with Crippen molar-refractivity contribution in [1.29, 1.82) is 0 Å². The molecule has 0 aliphatic carbocycles. The highest BCUT2D eigenvalue weighted by Crippen LogP contribution is 2.25. The Hall–Kier alpha value is -0.670. The van der Waals surface area contributed by atoms with Crippen molar-refractivity contribution < 1.29 is 4.39 Å². The van der Waals surface area contributed by atoms with Crippen molar-refractivity contribution in [3.63, 3.8) is 0 Å². The Morgan fingerprint density at radius 1 is 1.57 bits per heavy atom. The predicted octanol–water partition coefficient (Wildman–Crippen LogP) is 3.55. The second-order valence-corrected chi connectivity index (χ2v) is 3.99. The van der Waals surface area contributed by atoms with Crippen molar-refractivity contribution in [1.82, 2.24) is 0 Å². The lowest BCUT2D eigenvalue weighted by Crippen LogP contribution is -2.10. The fourth-order valence-electron chi connectivity index (χ4n) is 1.26. The normalized spacial score (nSPS) is 12.5. The lowest BCUT2D eigenvalue weighted by molar-refractivity contribution is 0.618. The summed E-state index contributed by atoms with van der Waals surface area (Å²) >= 11 is 3.29. The molecule has 1 nitrogen and oxygen atoms in total. The van der Waals surface area contributed by atoms with E-state index in [4.69, 9.17) is 5.73 Å². The smallest absolute Gasteiger partial charge is 0.124 e. The maximum Gasteiger partial charge on any atom is 0.124 e. The average Bonchev–Trinajstić information content (AvgIpc) is 2.14. The summed E-state index contributed by atoms with van der Waals surface area (Å²) in [4.78, 5) is 0. The van der Waals surface area contributed by atoms with Crippen LogP contribution in [-0.2, 0) is 0 Å². The third-order valence-electron chi connectivity index (χ3n) is 2.04. The molecule has 76 valence electrons. The van der Waals surface area contributed by atoms with Gasteiger partial charge in [0, 0.05) is 10.5 Å². The number of benzene rings is 1. The highest BCUT2D eigenvalue weighted by molar-refractivity contribution is 9.10. The Morgan fingerprint density at radius 2 is 2.29 bits per heavy atom. The second kappa shape index (κ2) is 5.27. The fraction of sp³-hybridized carbons (Fsp3) is 0.273. The van der Waals surface area contributed by atoms with E-state index in [1.807, 2.05) is 6.08 Å². The first-order valence-electron chi connectivity index (χ1n) is 4.46. The Morgan fingerprint density at radius 3 is 2.86 bits per heavy atom. The van der Waals surface area contributed by atoms with Crippen LogP contribution in [0.5, 0.6) is 0 Å². The number of hydrogen-bond donors (Lipinski definition) is 1. The van der Waals surface area contributed by atoms with Crippen LogP contribution in [0.25, 0.3) is 0 Å². The van der Waals surface area contributed by atoms with E-state index >= 15 is 0 Å². The van der Waals surface area contributed by atoms with Gasteiger partial charge in [-0.3, -0.25) is 0 Å². The molecule has 3 heteroatoms. The molecule has 1 aromatic carbocycles. The molecule has 0 amide bonds. The summed E-state index contributed by atoms with van der Waals surface area (Å²) in [5, 5.41) is 0. The molecular weight excluding hydrogens is 245 g/mol. The molecule has 14 heavy (non-hydrogen) atoms. The summed E-state index contributed by atoms with van der Waals surface area (Å²) in [7, 11) is 0.